The van der Waals surface area contributed by atoms with Crippen molar-refractivity contribution in [1.82, 2.24) is 10.4 Å². The molecule has 160 valence electrons. The van der Waals surface area contributed by atoms with Gasteiger partial charge in [0, 0.05) is 12.5 Å². The number of hydrogen-bond acceptors (Lipinski definition) is 8. The number of benzene rings is 2. The molecule has 3 rings (SSSR count). The van der Waals surface area contributed by atoms with Gasteiger partial charge in [-0.1, -0.05) is 17.8 Å². The van der Waals surface area contributed by atoms with Gasteiger partial charge >= 0.3 is 5.97 Å². The van der Waals surface area contributed by atoms with Gasteiger partial charge in [-0.3, -0.25) is 19.8 Å². The van der Waals surface area contributed by atoms with Gasteiger partial charge in [-0.2, -0.15) is 5.01 Å². The molecule has 1 N–H and O–H groups in total. The van der Waals surface area contributed by atoms with Crippen molar-refractivity contribution < 1.29 is 28.6 Å². The third-order valence-electron chi connectivity index (χ3n) is 4.10. The van der Waals surface area contributed by atoms with Crippen LogP contribution in [0.4, 0.5) is 0 Å². The minimum absolute atomic E-state index is 0.196. The summed E-state index contributed by atoms with van der Waals surface area (Å²) in [4.78, 5) is 36.7. The molecule has 2 aromatic carbocycles. The maximum atomic E-state index is 12.8. The lowest BCUT2D eigenvalue weighted by Gasteiger charge is -2.15. The first-order valence-electron chi connectivity index (χ1n) is 8.92. The van der Waals surface area contributed by atoms with E-state index >= 15 is 0 Å². The number of thioether (sulfide) groups is 1. The molecule has 2 aromatic rings. The van der Waals surface area contributed by atoms with Crippen LogP contribution in [-0.2, 0) is 9.59 Å². The van der Waals surface area contributed by atoms with Crippen LogP contribution in [0.2, 0.25) is 0 Å². The Morgan fingerprint density at radius 1 is 1.06 bits per heavy atom. The van der Waals surface area contributed by atoms with Crippen molar-refractivity contribution in [2.24, 2.45) is 0 Å². The van der Waals surface area contributed by atoms with E-state index in [0.717, 1.165) is 16.8 Å². The average Bonchev–Trinajstić information content (AvgIpc) is 3.01. The first-order valence-corrected chi connectivity index (χ1v) is 10.1. The molecule has 0 unspecified atom stereocenters. The largest absolute Gasteiger partial charge is 0.497 e. The van der Waals surface area contributed by atoms with Crippen molar-refractivity contribution in [3.63, 3.8) is 0 Å². The molecule has 1 heterocycles. The first kappa shape index (κ1) is 22.3. The molecule has 0 bridgehead atoms. The third-order valence-corrected chi connectivity index (χ3v) is 5.40. The van der Waals surface area contributed by atoms with E-state index in [4.69, 9.17) is 26.4 Å². The molecule has 1 saturated heterocycles. The molecule has 0 atom stereocenters. The fourth-order valence-corrected chi connectivity index (χ4v) is 3.82. The SMILES string of the molecule is COc1ccc(C(=O)NN2C(=O)/C(=C/c3ccc(OC(C)=O)c(OC)c3)SC2=S)cc1. The summed E-state index contributed by atoms with van der Waals surface area (Å²) in [6.07, 6.45) is 1.61. The van der Waals surface area contributed by atoms with E-state index in [1.807, 2.05) is 0 Å². The predicted molar refractivity (Wildman–Crippen MR) is 120 cm³/mol. The maximum absolute atomic E-state index is 12.8. The zero-order valence-electron chi connectivity index (χ0n) is 16.8. The maximum Gasteiger partial charge on any atom is 0.308 e. The average molecular weight is 459 g/mol. The van der Waals surface area contributed by atoms with Crippen molar-refractivity contribution in [3.05, 3.63) is 58.5 Å². The normalized spacial score (nSPS) is 14.5. The Morgan fingerprint density at radius 2 is 1.77 bits per heavy atom. The minimum Gasteiger partial charge on any atom is -0.497 e. The Kier molecular flexibility index (Phi) is 6.93. The van der Waals surface area contributed by atoms with E-state index in [9.17, 15) is 14.4 Å². The monoisotopic (exact) mass is 458 g/mol. The molecule has 1 fully saturated rings. The van der Waals surface area contributed by atoms with Crippen LogP contribution in [-0.4, -0.2) is 41.3 Å². The van der Waals surface area contributed by atoms with E-state index in [2.05, 4.69) is 5.43 Å². The number of esters is 1. The highest BCUT2D eigenvalue weighted by Gasteiger charge is 2.33. The molecule has 31 heavy (non-hydrogen) atoms. The summed E-state index contributed by atoms with van der Waals surface area (Å²) < 4.78 is 15.6. The molecule has 0 radical (unpaired) electrons. The van der Waals surface area contributed by atoms with Crippen molar-refractivity contribution >= 4 is 52.2 Å². The second kappa shape index (κ2) is 9.63. The van der Waals surface area contributed by atoms with Gasteiger partial charge in [-0.25, -0.2) is 0 Å². The lowest BCUT2D eigenvalue weighted by molar-refractivity contribution is -0.132. The van der Waals surface area contributed by atoms with Crippen molar-refractivity contribution in [2.75, 3.05) is 14.2 Å². The first-order chi connectivity index (χ1) is 14.8. The molecule has 10 heteroatoms. The Labute approximate surface area is 188 Å². The van der Waals surface area contributed by atoms with Crippen LogP contribution in [0.15, 0.2) is 47.4 Å². The van der Waals surface area contributed by atoms with Gasteiger partial charge in [0.15, 0.2) is 15.8 Å². The summed E-state index contributed by atoms with van der Waals surface area (Å²) in [5.41, 5.74) is 3.51. The minimum atomic E-state index is -0.479. The number of rotatable bonds is 6. The summed E-state index contributed by atoms with van der Waals surface area (Å²) in [6, 6.07) is 11.3. The highest BCUT2D eigenvalue weighted by molar-refractivity contribution is 8.26. The molecular weight excluding hydrogens is 440 g/mol. The molecule has 0 spiro atoms. The van der Waals surface area contributed by atoms with Gasteiger partial charge in [-0.05, 0) is 60.3 Å². The van der Waals surface area contributed by atoms with E-state index in [0.29, 0.717) is 27.5 Å². The topological polar surface area (TPSA) is 94.2 Å². The van der Waals surface area contributed by atoms with Gasteiger partial charge in [-0.15, -0.1) is 0 Å². The van der Waals surface area contributed by atoms with E-state index in [1.165, 1.54) is 21.1 Å². The lowest BCUT2D eigenvalue weighted by Crippen LogP contribution is -2.44. The van der Waals surface area contributed by atoms with Crippen molar-refractivity contribution in [3.8, 4) is 17.2 Å². The second-order valence-corrected chi connectivity index (χ2v) is 7.87. The highest BCUT2D eigenvalue weighted by Crippen LogP contribution is 2.34. The van der Waals surface area contributed by atoms with Gasteiger partial charge in [0.1, 0.15) is 5.75 Å². The summed E-state index contributed by atoms with van der Waals surface area (Å²) in [5.74, 6) is -0.189. The van der Waals surface area contributed by atoms with E-state index in [1.54, 1.807) is 48.5 Å². The van der Waals surface area contributed by atoms with Crippen LogP contribution in [0, 0.1) is 0 Å². The molecule has 2 amide bonds. The zero-order chi connectivity index (χ0) is 22.5. The summed E-state index contributed by atoms with van der Waals surface area (Å²) >= 11 is 6.30. The molecule has 0 saturated carbocycles. The van der Waals surface area contributed by atoms with Gasteiger partial charge < -0.3 is 14.2 Å². The predicted octanol–water partition coefficient (Wildman–Crippen LogP) is 3.18. The van der Waals surface area contributed by atoms with Crippen LogP contribution in [0.1, 0.15) is 22.8 Å². The Hall–Kier alpha value is -3.37. The fourth-order valence-electron chi connectivity index (χ4n) is 2.64. The molecule has 8 nitrogen and oxygen atoms in total. The molecular formula is C21H18N2O6S2. The van der Waals surface area contributed by atoms with Crippen molar-refractivity contribution in [2.45, 2.75) is 6.92 Å². The number of ether oxygens (including phenoxy) is 3. The Balaban J connectivity index is 1.76. The number of thiocarbonyl (C=S) groups is 1. The van der Waals surface area contributed by atoms with Crippen LogP contribution >= 0.6 is 24.0 Å². The third kappa shape index (κ3) is 5.22. The Bertz CT molecular complexity index is 1080. The van der Waals surface area contributed by atoms with Gasteiger partial charge in [0.25, 0.3) is 11.8 Å². The summed E-state index contributed by atoms with van der Waals surface area (Å²) in [5, 5.41) is 1.03. The highest BCUT2D eigenvalue weighted by atomic mass is 32.2. The van der Waals surface area contributed by atoms with E-state index < -0.39 is 17.8 Å². The lowest BCUT2D eigenvalue weighted by atomic mass is 10.2. The number of carbonyl (C=O) groups is 3. The second-order valence-electron chi connectivity index (χ2n) is 6.19. The molecule has 1 aliphatic rings. The number of nitrogens with one attached hydrogen (secondary N) is 1. The standard InChI is InChI=1S/C21H18N2O6S2/c1-12(24)29-16-9-4-13(10-17(16)28-3)11-18-20(26)23(21(30)31-18)22-19(25)14-5-7-15(27-2)8-6-14/h4-11H,1-3H3,(H,22,25)/b18-11-. The summed E-state index contributed by atoms with van der Waals surface area (Å²) in [6.45, 7) is 1.29. The zero-order valence-corrected chi connectivity index (χ0v) is 18.5. The van der Waals surface area contributed by atoms with Crippen LogP contribution < -0.4 is 19.6 Å². The molecule has 0 aromatic heterocycles. The number of hydrogen-bond donors (Lipinski definition) is 1. The van der Waals surface area contributed by atoms with Gasteiger partial charge in [0.2, 0.25) is 0 Å². The van der Waals surface area contributed by atoms with E-state index in [-0.39, 0.29) is 10.1 Å². The number of amides is 2. The van der Waals surface area contributed by atoms with Crippen LogP contribution in [0.3, 0.4) is 0 Å². The number of methoxy groups -OCH3 is 2. The molecule has 0 aliphatic carbocycles. The number of nitrogens with zero attached hydrogens (tertiary/aromatic N) is 1. The van der Waals surface area contributed by atoms with Crippen molar-refractivity contribution in [1.29, 1.82) is 0 Å². The number of carbonyl (C=O) groups excluding carboxylic acids is 3. The summed E-state index contributed by atoms with van der Waals surface area (Å²) in [7, 11) is 2.97. The van der Waals surface area contributed by atoms with Gasteiger partial charge in [0.05, 0.1) is 19.1 Å². The fraction of sp³-hybridized carbons (Fsp3) is 0.143. The molecule has 1 aliphatic heterocycles. The number of hydrazine groups is 1. The van der Waals surface area contributed by atoms with Crippen LogP contribution in [0.25, 0.3) is 6.08 Å². The Morgan fingerprint density at radius 3 is 2.39 bits per heavy atom. The smallest absolute Gasteiger partial charge is 0.308 e. The quantitative estimate of drug-likeness (QED) is 0.305. The van der Waals surface area contributed by atoms with Crippen LogP contribution in [0.5, 0.6) is 17.2 Å².